The van der Waals surface area contributed by atoms with Gasteiger partial charge in [-0.25, -0.2) is 0 Å². The first-order valence-corrected chi connectivity index (χ1v) is 8.34. The van der Waals surface area contributed by atoms with Crippen LogP contribution >= 0.6 is 0 Å². The third-order valence-corrected chi connectivity index (χ3v) is 5.63. The van der Waals surface area contributed by atoms with Crippen LogP contribution in [0.1, 0.15) is 39.5 Å². The molecule has 1 heterocycles. The second-order valence-electron chi connectivity index (χ2n) is 7.24. The van der Waals surface area contributed by atoms with Crippen molar-refractivity contribution in [3.63, 3.8) is 0 Å². The molecule has 3 heteroatoms. The summed E-state index contributed by atoms with van der Waals surface area (Å²) in [5.41, 5.74) is 0. The summed E-state index contributed by atoms with van der Waals surface area (Å²) in [5.74, 6) is 1.73. The monoisotopic (exact) mass is 265 g/mol. The van der Waals surface area contributed by atoms with E-state index in [0.717, 1.165) is 23.9 Å². The Balaban J connectivity index is 1.60. The summed E-state index contributed by atoms with van der Waals surface area (Å²) in [6.45, 7) is 10.1. The van der Waals surface area contributed by atoms with Gasteiger partial charge in [0.15, 0.2) is 0 Å². The summed E-state index contributed by atoms with van der Waals surface area (Å²) >= 11 is 0. The number of nitrogens with zero attached hydrogens (tertiary/aromatic N) is 2. The van der Waals surface area contributed by atoms with Gasteiger partial charge in [-0.1, -0.05) is 13.8 Å². The van der Waals surface area contributed by atoms with E-state index in [1.54, 1.807) is 0 Å². The Kier molecular flexibility index (Phi) is 4.16. The molecule has 0 bridgehead atoms. The van der Waals surface area contributed by atoms with Crippen molar-refractivity contribution in [1.82, 2.24) is 15.1 Å². The molecule has 1 N–H and O–H groups in total. The van der Waals surface area contributed by atoms with Crippen LogP contribution in [0.2, 0.25) is 0 Å². The lowest BCUT2D eigenvalue weighted by atomic mass is 9.75. The Morgan fingerprint density at radius 2 is 1.53 bits per heavy atom. The molecule has 19 heavy (non-hydrogen) atoms. The zero-order valence-corrected chi connectivity index (χ0v) is 12.9. The average Bonchev–Trinajstić information content (AvgIpc) is 3.22. The first-order valence-electron chi connectivity index (χ1n) is 8.34. The van der Waals surface area contributed by atoms with Crippen molar-refractivity contribution in [2.24, 2.45) is 11.8 Å². The van der Waals surface area contributed by atoms with E-state index < -0.39 is 0 Å². The highest BCUT2D eigenvalue weighted by molar-refractivity contribution is 4.96. The van der Waals surface area contributed by atoms with Crippen molar-refractivity contribution in [1.29, 1.82) is 0 Å². The fourth-order valence-corrected chi connectivity index (χ4v) is 4.58. The predicted molar refractivity (Wildman–Crippen MR) is 80.4 cm³/mol. The minimum atomic E-state index is 0.700. The van der Waals surface area contributed by atoms with Crippen molar-refractivity contribution < 1.29 is 0 Å². The number of piperazine rings is 1. The van der Waals surface area contributed by atoms with Crippen molar-refractivity contribution >= 4 is 0 Å². The van der Waals surface area contributed by atoms with Gasteiger partial charge in [0.05, 0.1) is 0 Å². The standard InChI is InChI=1S/C16H31N3/c1-12-10-13(2)16(15(11-12)17-3)19-8-6-18(7-9-19)14-4-5-14/h12-17H,4-11H2,1-3H3. The molecule has 3 fully saturated rings. The van der Waals surface area contributed by atoms with Crippen molar-refractivity contribution in [3.8, 4) is 0 Å². The third kappa shape index (κ3) is 2.98. The Bertz CT molecular complexity index is 294. The molecule has 0 aromatic heterocycles. The van der Waals surface area contributed by atoms with Gasteiger partial charge < -0.3 is 5.32 Å². The van der Waals surface area contributed by atoms with E-state index in [2.05, 4.69) is 36.0 Å². The summed E-state index contributed by atoms with van der Waals surface area (Å²) in [7, 11) is 2.16. The van der Waals surface area contributed by atoms with Crippen LogP contribution in [0, 0.1) is 11.8 Å². The number of nitrogens with one attached hydrogen (secondary N) is 1. The van der Waals surface area contributed by atoms with E-state index in [-0.39, 0.29) is 0 Å². The normalized spacial score (nSPS) is 42.5. The van der Waals surface area contributed by atoms with Gasteiger partial charge in [-0.15, -0.1) is 0 Å². The maximum Gasteiger partial charge on any atom is 0.0276 e. The van der Waals surface area contributed by atoms with E-state index in [0.29, 0.717) is 6.04 Å². The summed E-state index contributed by atoms with van der Waals surface area (Å²) in [5, 5.41) is 3.60. The van der Waals surface area contributed by atoms with E-state index in [1.807, 2.05) is 0 Å². The molecule has 0 aromatic carbocycles. The number of hydrogen-bond donors (Lipinski definition) is 1. The topological polar surface area (TPSA) is 18.5 Å². The van der Waals surface area contributed by atoms with Crippen LogP contribution in [0.3, 0.4) is 0 Å². The van der Waals surface area contributed by atoms with E-state index in [4.69, 9.17) is 0 Å². The lowest BCUT2D eigenvalue weighted by Crippen LogP contribution is -2.60. The summed E-state index contributed by atoms with van der Waals surface area (Å²) < 4.78 is 0. The Labute approximate surface area is 118 Å². The van der Waals surface area contributed by atoms with E-state index in [9.17, 15) is 0 Å². The predicted octanol–water partition coefficient (Wildman–Crippen LogP) is 1.79. The highest BCUT2D eigenvalue weighted by Gasteiger charge is 2.39. The molecule has 4 unspecified atom stereocenters. The van der Waals surface area contributed by atoms with Crippen LogP contribution < -0.4 is 5.32 Å². The summed E-state index contributed by atoms with van der Waals surface area (Å²) in [4.78, 5) is 5.51. The van der Waals surface area contributed by atoms with Crippen LogP contribution in [0.25, 0.3) is 0 Å². The molecular formula is C16H31N3. The number of rotatable bonds is 3. The third-order valence-electron chi connectivity index (χ3n) is 5.63. The smallest absolute Gasteiger partial charge is 0.0276 e. The van der Waals surface area contributed by atoms with E-state index in [1.165, 1.54) is 51.9 Å². The molecule has 0 spiro atoms. The Hall–Kier alpha value is -0.120. The molecule has 2 saturated carbocycles. The van der Waals surface area contributed by atoms with Gasteiger partial charge in [-0.3, -0.25) is 9.80 Å². The highest BCUT2D eigenvalue weighted by atomic mass is 15.3. The number of likely N-dealkylation sites (N-methyl/N-ethyl adjacent to an activating group) is 1. The van der Waals surface area contributed by atoms with Crippen LogP contribution in [-0.4, -0.2) is 61.2 Å². The molecule has 0 aromatic rings. The van der Waals surface area contributed by atoms with Gasteiger partial charge >= 0.3 is 0 Å². The fourth-order valence-electron chi connectivity index (χ4n) is 4.58. The molecule has 2 aliphatic carbocycles. The molecule has 3 rings (SSSR count). The van der Waals surface area contributed by atoms with Gasteiger partial charge in [-0.05, 0) is 44.6 Å². The van der Waals surface area contributed by atoms with Crippen LogP contribution in [0.4, 0.5) is 0 Å². The maximum atomic E-state index is 3.60. The molecule has 0 radical (unpaired) electrons. The fraction of sp³-hybridized carbons (Fsp3) is 1.00. The van der Waals surface area contributed by atoms with Crippen molar-refractivity contribution in [2.75, 3.05) is 33.2 Å². The SMILES string of the molecule is CNC1CC(C)CC(C)C1N1CCN(C2CC2)CC1. The lowest BCUT2D eigenvalue weighted by molar-refractivity contribution is 0.0236. The van der Waals surface area contributed by atoms with Crippen molar-refractivity contribution in [3.05, 3.63) is 0 Å². The molecular weight excluding hydrogens is 234 g/mol. The molecule has 3 nitrogen and oxygen atoms in total. The second kappa shape index (κ2) is 5.71. The zero-order chi connectivity index (χ0) is 13.4. The lowest BCUT2D eigenvalue weighted by Gasteiger charge is -2.48. The van der Waals surface area contributed by atoms with Gasteiger partial charge in [0.1, 0.15) is 0 Å². The van der Waals surface area contributed by atoms with E-state index >= 15 is 0 Å². The molecule has 4 atom stereocenters. The Morgan fingerprint density at radius 1 is 0.895 bits per heavy atom. The minimum Gasteiger partial charge on any atom is -0.315 e. The first-order chi connectivity index (χ1) is 9.19. The minimum absolute atomic E-state index is 0.700. The molecule has 110 valence electrons. The van der Waals surface area contributed by atoms with Crippen LogP contribution in [-0.2, 0) is 0 Å². The van der Waals surface area contributed by atoms with Gasteiger partial charge in [0.25, 0.3) is 0 Å². The highest BCUT2D eigenvalue weighted by Crippen LogP contribution is 2.34. The number of hydrogen-bond acceptors (Lipinski definition) is 3. The van der Waals surface area contributed by atoms with Gasteiger partial charge in [-0.2, -0.15) is 0 Å². The van der Waals surface area contributed by atoms with Crippen LogP contribution in [0.15, 0.2) is 0 Å². The molecule has 1 saturated heterocycles. The van der Waals surface area contributed by atoms with Crippen molar-refractivity contribution in [2.45, 2.75) is 57.7 Å². The molecule has 3 aliphatic rings. The van der Waals surface area contributed by atoms with Gasteiger partial charge in [0, 0.05) is 44.3 Å². The maximum absolute atomic E-state index is 3.60. The summed E-state index contributed by atoms with van der Waals surface area (Å²) in [6, 6.07) is 2.42. The molecule has 1 aliphatic heterocycles. The second-order valence-corrected chi connectivity index (χ2v) is 7.24. The van der Waals surface area contributed by atoms with Gasteiger partial charge in [0.2, 0.25) is 0 Å². The van der Waals surface area contributed by atoms with Crippen LogP contribution in [0.5, 0.6) is 0 Å². The average molecular weight is 265 g/mol. The zero-order valence-electron chi connectivity index (χ0n) is 12.9. The first kappa shape index (κ1) is 13.8. The largest absolute Gasteiger partial charge is 0.315 e. The summed E-state index contributed by atoms with van der Waals surface area (Å²) in [6.07, 6.45) is 5.67. The quantitative estimate of drug-likeness (QED) is 0.839. The Morgan fingerprint density at radius 3 is 2.11 bits per heavy atom. The molecule has 0 amide bonds.